The van der Waals surface area contributed by atoms with Gasteiger partial charge in [-0.1, -0.05) is 61.5 Å². The van der Waals surface area contributed by atoms with Crippen LogP contribution in [0.2, 0.25) is 34.3 Å². The zero-order valence-electron chi connectivity index (χ0n) is 27.4. The number of esters is 1. The Labute approximate surface area is 262 Å². The topological polar surface area (TPSA) is 44.8 Å². The van der Waals surface area contributed by atoms with Crippen molar-refractivity contribution in [1.82, 2.24) is 0 Å². The maximum Gasteiger partial charge on any atom is 0.453 e. The third-order valence-corrected chi connectivity index (χ3v) is 19.8. The molecule has 4 nitrogen and oxygen atoms in total. The molecule has 0 bridgehead atoms. The third kappa shape index (κ3) is 11.4. The van der Waals surface area contributed by atoms with Crippen molar-refractivity contribution in [3.8, 4) is 0 Å². The minimum atomic E-state index is -5.79. The van der Waals surface area contributed by atoms with Crippen molar-refractivity contribution in [2.75, 3.05) is 7.11 Å². The van der Waals surface area contributed by atoms with Crippen LogP contribution in [0.15, 0.2) is 24.8 Å². The number of hydrogen-bond acceptors (Lipinski definition) is 4. The highest BCUT2D eigenvalue weighted by atomic mass is 28.4. The summed E-state index contributed by atoms with van der Waals surface area (Å²) in [7, 11) is -6.13. The molecule has 0 saturated carbocycles. The van der Waals surface area contributed by atoms with Crippen molar-refractivity contribution in [2.24, 2.45) is 0 Å². The second kappa shape index (κ2) is 16.6. The van der Waals surface area contributed by atoms with Crippen molar-refractivity contribution < 1.29 is 62.3 Å². The Morgan fingerprint density at radius 3 is 1.33 bits per heavy atom. The van der Waals surface area contributed by atoms with Crippen molar-refractivity contribution in [3.05, 3.63) is 24.8 Å². The lowest BCUT2D eigenvalue weighted by Crippen LogP contribution is -2.55. The highest BCUT2D eigenvalue weighted by molar-refractivity contribution is 6.77. The second-order valence-corrected chi connectivity index (χ2v) is 22.5. The van der Waals surface area contributed by atoms with Gasteiger partial charge in [0.25, 0.3) is 0 Å². The average Bonchev–Trinajstić information content (AvgIpc) is 2.87. The number of rotatable bonds is 19. The van der Waals surface area contributed by atoms with Gasteiger partial charge in [-0.15, -0.1) is 6.58 Å². The highest BCUT2D eigenvalue weighted by Crippen LogP contribution is 2.48. The van der Waals surface area contributed by atoms with Crippen LogP contribution in [0.1, 0.15) is 74.7 Å². The molecule has 0 spiro atoms. The average molecular weight is 707 g/mol. The van der Waals surface area contributed by atoms with E-state index in [0.29, 0.717) is 0 Å². The van der Waals surface area contributed by atoms with E-state index in [4.69, 9.17) is 8.85 Å². The molecular weight excluding hydrogens is 658 g/mol. The molecule has 0 aliphatic carbocycles. The van der Waals surface area contributed by atoms with Crippen LogP contribution in [0.3, 0.4) is 0 Å². The predicted molar refractivity (Wildman–Crippen MR) is 158 cm³/mol. The van der Waals surface area contributed by atoms with Crippen LogP contribution in [-0.4, -0.2) is 66.1 Å². The molecule has 0 saturated heterocycles. The molecule has 0 amide bonds. The first-order valence-electron chi connectivity index (χ1n) is 14.8. The molecule has 0 aromatic heterocycles. The van der Waals surface area contributed by atoms with E-state index in [2.05, 4.69) is 11.3 Å². The quantitative estimate of drug-likeness (QED) is 0.0441. The Bertz CT molecular complexity index is 948. The fourth-order valence-electron chi connectivity index (χ4n) is 5.57. The zero-order valence-corrected chi connectivity index (χ0v) is 29.4. The lowest BCUT2D eigenvalue weighted by molar-refractivity contribution is -0.283. The molecule has 0 N–H and O–H groups in total. The molecule has 0 radical (unpaired) electrons. The van der Waals surface area contributed by atoms with E-state index in [1.54, 1.807) is 55.4 Å². The van der Waals surface area contributed by atoms with Crippen LogP contribution < -0.4 is 0 Å². The minimum absolute atomic E-state index is 0.0700. The Balaban J connectivity index is 7.13. The van der Waals surface area contributed by atoms with E-state index < -0.39 is 106 Å². The van der Waals surface area contributed by atoms with Crippen molar-refractivity contribution in [2.45, 2.75) is 145 Å². The van der Waals surface area contributed by atoms with E-state index >= 15 is 0 Å². The van der Waals surface area contributed by atoms with Gasteiger partial charge in [-0.05, 0) is 46.7 Å². The lowest BCUT2D eigenvalue weighted by Gasteiger charge is -2.47. The summed E-state index contributed by atoms with van der Waals surface area (Å²) >= 11 is 0. The van der Waals surface area contributed by atoms with Crippen molar-refractivity contribution in [3.63, 3.8) is 0 Å². The molecule has 16 heteroatoms. The van der Waals surface area contributed by atoms with Gasteiger partial charge in [0.2, 0.25) is 0 Å². The summed E-state index contributed by atoms with van der Waals surface area (Å²) in [5.74, 6) is -10.9. The largest absolute Gasteiger partial charge is 0.466 e. The summed E-state index contributed by atoms with van der Waals surface area (Å²) in [5, 5.41) is 0. The van der Waals surface area contributed by atoms with E-state index in [9.17, 15) is 48.7 Å². The summed E-state index contributed by atoms with van der Waals surface area (Å²) < 4.78 is 153. The van der Waals surface area contributed by atoms with Crippen molar-refractivity contribution in [1.29, 1.82) is 0 Å². The van der Waals surface area contributed by atoms with Crippen LogP contribution in [0.4, 0.5) is 43.9 Å². The molecule has 0 aromatic carbocycles. The van der Waals surface area contributed by atoms with Gasteiger partial charge in [0.1, 0.15) is 0 Å². The number of halogens is 10. The third-order valence-electron chi connectivity index (χ3n) is 8.51. The van der Waals surface area contributed by atoms with Crippen LogP contribution in [0, 0.1) is 0 Å². The molecule has 45 heavy (non-hydrogen) atoms. The van der Waals surface area contributed by atoms with Gasteiger partial charge in [-0.2, -0.15) is 43.9 Å². The van der Waals surface area contributed by atoms with Gasteiger partial charge in [0.05, 0.1) is 19.3 Å². The number of ether oxygens (including phenoxy) is 1. The first kappa shape index (κ1) is 43.6. The number of carbonyl (C=O) groups is 1. The predicted octanol–water partition coefficient (Wildman–Crippen LogP) is 10.8. The Morgan fingerprint density at radius 1 is 0.689 bits per heavy atom. The molecule has 0 aromatic rings. The molecule has 0 unspecified atom stereocenters. The Hall–Kier alpha value is -1.40. The van der Waals surface area contributed by atoms with Crippen LogP contribution >= 0.6 is 0 Å². The number of hydrogen-bond donors (Lipinski definition) is 0. The summed E-state index contributed by atoms with van der Waals surface area (Å²) in [6.07, 6.45) is -13.7. The summed E-state index contributed by atoms with van der Waals surface area (Å²) in [6.45, 7) is 16.8. The molecule has 2 atom stereocenters. The van der Waals surface area contributed by atoms with Crippen LogP contribution in [-0.2, 0) is 18.4 Å². The molecular formula is C29H48F10O4Si2. The van der Waals surface area contributed by atoms with Gasteiger partial charge in [0, 0.05) is 18.9 Å². The van der Waals surface area contributed by atoms with E-state index in [1.807, 2.05) is 0 Å². The Morgan fingerprint density at radius 2 is 1.04 bits per heavy atom. The maximum absolute atomic E-state index is 14.2. The normalized spacial score (nSPS) is 15.9. The molecule has 0 aliphatic heterocycles. The van der Waals surface area contributed by atoms with E-state index in [0.717, 1.165) is 13.2 Å². The van der Waals surface area contributed by atoms with Gasteiger partial charge in [-0.25, -0.2) is 4.79 Å². The smallest absolute Gasteiger partial charge is 0.453 e. The summed E-state index contributed by atoms with van der Waals surface area (Å²) in [6, 6.07) is -1.24. The first-order valence-corrected chi connectivity index (χ1v) is 19.3. The molecule has 0 aliphatic rings. The van der Waals surface area contributed by atoms with Gasteiger partial charge < -0.3 is 13.6 Å². The van der Waals surface area contributed by atoms with Crippen molar-refractivity contribution >= 4 is 22.6 Å². The van der Waals surface area contributed by atoms with Gasteiger partial charge in [-0.3, -0.25) is 0 Å². The monoisotopic (exact) mass is 706 g/mol. The maximum atomic E-state index is 14.2. The fraction of sp³-hybridized carbons (Fsp3) is 0.828. The number of carbonyl (C=O) groups excluding carboxylic acids is 1. The molecule has 0 rings (SSSR count). The lowest BCUT2D eigenvalue weighted by atomic mass is 10.1. The summed E-state index contributed by atoms with van der Waals surface area (Å²) in [4.78, 5) is 12.1. The number of alkyl halides is 10. The molecule has 266 valence electrons. The van der Waals surface area contributed by atoms with Gasteiger partial charge >= 0.3 is 30.2 Å². The van der Waals surface area contributed by atoms with Crippen LogP contribution in [0.5, 0.6) is 0 Å². The molecule has 0 heterocycles. The zero-order chi connectivity index (χ0) is 35.8. The fourth-order valence-corrected chi connectivity index (χ4v) is 14.8. The molecule has 0 fully saturated rings. The van der Waals surface area contributed by atoms with E-state index in [-0.39, 0.29) is 6.42 Å². The first-order chi connectivity index (χ1) is 20.2. The van der Waals surface area contributed by atoms with Crippen LogP contribution in [0.25, 0.3) is 0 Å². The second-order valence-electron chi connectivity index (χ2n) is 12.6. The number of methoxy groups -OCH3 is 1. The Kier molecular flexibility index (Phi) is 16.1. The SMILES string of the molecule is C=CC[C@H](O[Si](CCC(F)(F)C(F)(F)F)(C(C)C)C(C)C)[C@@H](/C=C/C(=O)OC)O[Si](CCC(F)(F)C(F)(F)F)(C(C)C)C(C)C. The summed E-state index contributed by atoms with van der Waals surface area (Å²) in [5.41, 5.74) is -2.05. The van der Waals surface area contributed by atoms with Gasteiger partial charge in [0.15, 0.2) is 16.6 Å². The van der Waals surface area contributed by atoms with E-state index in [1.165, 1.54) is 12.2 Å². The highest BCUT2D eigenvalue weighted by Gasteiger charge is 2.60. The minimum Gasteiger partial charge on any atom is -0.466 e. The standard InChI is InChI=1S/C29H48F10O4Si2/c1-11-12-23(42-44(19(2)3,20(4)5)17-15-26(30,31)28(34,35)36)24(13-14-25(40)41-10)43-45(21(6)7,22(8)9)18-16-27(32,33)29(37,38)39/h11,13-14,19-24H,1,12,15-18H2,2-10H3/b14-13+/t23-,24+/m0/s1.